The fourth-order valence-corrected chi connectivity index (χ4v) is 2.63. The average molecular weight is 244 g/mol. The van der Waals surface area contributed by atoms with E-state index in [0.29, 0.717) is 12.0 Å². The van der Waals surface area contributed by atoms with Gasteiger partial charge in [-0.25, -0.2) is 0 Å². The first-order valence-electron chi connectivity index (χ1n) is 6.00. The first-order valence-corrected chi connectivity index (χ1v) is 6.00. The van der Waals surface area contributed by atoms with Crippen molar-refractivity contribution >= 4 is 12.4 Å². The monoisotopic (exact) mass is 243 g/mol. The third-order valence-electron chi connectivity index (χ3n) is 3.54. The van der Waals surface area contributed by atoms with Gasteiger partial charge in [-0.1, -0.05) is 18.0 Å². The second-order valence-electron chi connectivity index (χ2n) is 4.62. The molecular formula is C11H18ClN3O. The largest absolute Gasteiger partial charge is 0.338 e. The molecule has 2 heterocycles. The lowest BCUT2D eigenvalue weighted by Crippen LogP contribution is -2.13. The van der Waals surface area contributed by atoms with Gasteiger partial charge < -0.3 is 9.84 Å². The van der Waals surface area contributed by atoms with Gasteiger partial charge in [0, 0.05) is 5.92 Å². The number of rotatable bonds is 2. The van der Waals surface area contributed by atoms with Gasteiger partial charge in [-0.05, 0) is 32.2 Å². The molecule has 1 aromatic rings. The zero-order valence-electron chi connectivity index (χ0n) is 9.32. The zero-order chi connectivity index (χ0) is 10.1. The van der Waals surface area contributed by atoms with Gasteiger partial charge in [0.1, 0.15) is 0 Å². The van der Waals surface area contributed by atoms with Crippen molar-refractivity contribution < 1.29 is 4.52 Å². The Hall–Kier alpha value is -0.610. The van der Waals surface area contributed by atoms with E-state index in [4.69, 9.17) is 4.52 Å². The SMILES string of the molecule is C1CCC(c2noc(C3CCCN3)n2)C1.Cl. The Labute approximate surface area is 102 Å². The third-order valence-corrected chi connectivity index (χ3v) is 3.54. The van der Waals surface area contributed by atoms with E-state index < -0.39 is 0 Å². The molecule has 90 valence electrons. The molecule has 1 atom stereocenters. The predicted octanol–water partition coefficient (Wildman–Crippen LogP) is 2.57. The van der Waals surface area contributed by atoms with Crippen molar-refractivity contribution in [1.29, 1.82) is 0 Å². The molecule has 1 aliphatic carbocycles. The van der Waals surface area contributed by atoms with Crippen molar-refractivity contribution in [2.24, 2.45) is 0 Å². The lowest BCUT2D eigenvalue weighted by Gasteiger charge is -2.02. The van der Waals surface area contributed by atoms with E-state index in [9.17, 15) is 0 Å². The van der Waals surface area contributed by atoms with E-state index >= 15 is 0 Å². The summed E-state index contributed by atoms with van der Waals surface area (Å²) in [7, 11) is 0. The van der Waals surface area contributed by atoms with E-state index in [-0.39, 0.29) is 12.4 Å². The minimum atomic E-state index is 0. The molecule has 4 nitrogen and oxygen atoms in total. The van der Waals surface area contributed by atoms with E-state index in [1.807, 2.05) is 0 Å². The van der Waals surface area contributed by atoms with Crippen LogP contribution in [0.1, 0.15) is 62.2 Å². The maximum Gasteiger partial charge on any atom is 0.243 e. The summed E-state index contributed by atoms with van der Waals surface area (Å²) < 4.78 is 5.34. The molecule has 16 heavy (non-hydrogen) atoms. The quantitative estimate of drug-likeness (QED) is 0.868. The molecule has 3 rings (SSSR count). The van der Waals surface area contributed by atoms with Crippen LogP contribution >= 0.6 is 12.4 Å². The van der Waals surface area contributed by atoms with Crippen LogP contribution < -0.4 is 5.32 Å². The number of hydrogen-bond acceptors (Lipinski definition) is 4. The van der Waals surface area contributed by atoms with Crippen LogP contribution in [0.3, 0.4) is 0 Å². The molecule has 1 saturated heterocycles. The van der Waals surface area contributed by atoms with Crippen LogP contribution in [-0.4, -0.2) is 16.7 Å². The predicted molar refractivity (Wildman–Crippen MR) is 62.7 cm³/mol. The number of nitrogens with one attached hydrogen (secondary N) is 1. The van der Waals surface area contributed by atoms with Crippen LogP contribution in [-0.2, 0) is 0 Å². The van der Waals surface area contributed by atoms with Gasteiger partial charge in [-0.3, -0.25) is 0 Å². The highest BCUT2D eigenvalue weighted by atomic mass is 35.5. The third kappa shape index (κ3) is 2.23. The highest BCUT2D eigenvalue weighted by Crippen LogP contribution is 2.33. The molecule has 1 unspecified atom stereocenters. The van der Waals surface area contributed by atoms with Crippen molar-refractivity contribution in [2.45, 2.75) is 50.5 Å². The molecule has 0 spiro atoms. The summed E-state index contributed by atoms with van der Waals surface area (Å²) >= 11 is 0. The van der Waals surface area contributed by atoms with Crippen LogP contribution in [0.25, 0.3) is 0 Å². The van der Waals surface area contributed by atoms with E-state index in [2.05, 4.69) is 15.5 Å². The molecule has 1 N–H and O–H groups in total. The lowest BCUT2D eigenvalue weighted by atomic mass is 10.1. The molecule has 0 radical (unpaired) electrons. The summed E-state index contributed by atoms with van der Waals surface area (Å²) in [4.78, 5) is 4.53. The molecule has 2 aliphatic rings. The average Bonchev–Trinajstić information content (AvgIpc) is 3.02. The summed E-state index contributed by atoms with van der Waals surface area (Å²) in [6.45, 7) is 1.08. The number of halogens is 1. The van der Waals surface area contributed by atoms with Gasteiger partial charge in [0.2, 0.25) is 5.89 Å². The van der Waals surface area contributed by atoms with Gasteiger partial charge in [0.05, 0.1) is 6.04 Å². The topological polar surface area (TPSA) is 51.0 Å². The van der Waals surface area contributed by atoms with Gasteiger partial charge >= 0.3 is 0 Å². The van der Waals surface area contributed by atoms with Crippen LogP contribution in [0.2, 0.25) is 0 Å². The van der Waals surface area contributed by atoms with E-state index in [1.54, 1.807) is 0 Å². The lowest BCUT2D eigenvalue weighted by molar-refractivity contribution is 0.339. The Morgan fingerprint density at radius 2 is 1.94 bits per heavy atom. The van der Waals surface area contributed by atoms with Crippen LogP contribution in [0.5, 0.6) is 0 Å². The van der Waals surface area contributed by atoms with Crippen molar-refractivity contribution in [2.75, 3.05) is 6.54 Å². The molecule has 0 amide bonds. The number of aromatic nitrogens is 2. The molecule has 0 aromatic carbocycles. The van der Waals surface area contributed by atoms with Crippen LogP contribution in [0.15, 0.2) is 4.52 Å². The molecule has 1 aromatic heterocycles. The summed E-state index contributed by atoms with van der Waals surface area (Å²) in [5, 5.41) is 7.50. The molecule has 5 heteroatoms. The molecule has 2 fully saturated rings. The van der Waals surface area contributed by atoms with Crippen molar-refractivity contribution in [3.8, 4) is 0 Å². The van der Waals surface area contributed by atoms with Gasteiger partial charge in [-0.15, -0.1) is 12.4 Å². The molecular weight excluding hydrogens is 226 g/mol. The van der Waals surface area contributed by atoms with E-state index in [0.717, 1.165) is 24.7 Å². The molecule has 1 aliphatic heterocycles. The van der Waals surface area contributed by atoms with E-state index in [1.165, 1.54) is 32.1 Å². The highest BCUT2D eigenvalue weighted by Gasteiger charge is 2.26. The Balaban J connectivity index is 0.000000963. The maximum absolute atomic E-state index is 5.34. The Morgan fingerprint density at radius 1 is 1.12 bits per heavy atom. The van der Waals surface area contributed by atoms with Crippen molar-refractivity contribution in [3.63, 3.8) is 0 Å². The summed E-state index contributed by atoms with van der Waals surface area (Å²) in [6, 6.07) is 0.313. The second kappa shape index (κ2) is 5.15. The minimum Gasteiger partial charge on any atom is -0.338 e. The summed E-state index contributed by atoms with van der Waals surface area (Å²) in [5.41, 5.74) is 0. The van der Waals surface area contributed by atoms with Gasteiger partial charge in [-0.2, -0.15) is 4.98 Å². The maximum atomic E-state index is 5.34. The van der Waals surface area contributed by atoms with Gasteiger partial charge in [0.15, 0.2) is 5.82 Å². The Bertz CT molecular complexity index is 299. The minimum absolute atomic E-state index is 0. The van der Waals surface area contributed by atoms with Crippen molar-refractivity contribution in [1.82, 2.24) is 15.5 Å². The fourth-order valence-electron chi connectivity index (χ4n) is 2.63. The molecule has 0 bridgehead atoms. The highest BCUT2D eigenvalue weighted by molar-refractivity contribution is 5.85. The number of hydrogen-bond donors (Lipinski definition) is 1. The fraction of sp³-hybridized carbons (Fsp3) is 0.818. The normalized spacial score (nSPS) is 25.9. The van der Waals surface area contributed by atoms with Gasteiger partial charge in [0.25, 0.3) is 0 Å². The summed E-state index contributed by atoms with van der Waals surface area (Å²) in [6.07, 6.45) is 7.44. The Morgan fingerprint density at radius 3 is 2.62 bits per heavy atom. The van der Waals surface area contributed by atoms with Crippen LogP contribution in [0, 0.1) is 0 Å². The first kappa shape index (κ1) is 11.9. The first-order chi connectivity index (χ1) is 7.43. The Kier molecular flexibility index (Phi) is 3.82. The van der Waals surface area contributed by atoms with Crippen LogP contribution in [0.4, 0.5) is 0 Å². The standard InChI is InChI=1S/C11H17N3O.ClH/c1-2-5-8(4-1)10-13-11(15-14-10)9-6-3-7-12-9;/h8-9,12H,1-7H2;1H. The number of nitrogens with zero attached hydrogens (tertiary/aromatic N) is 2. The summed E-state index contributed by atoms with van der Waals surface area (Å²) in [5.74, 6) is 2.30. The van der Waals surface area contributed by atoms with Crippen molar-refractivity contribution in [3.05, 3.63) is 11.7 Å². The second-order valence-corrected chi connectivity index (χ2v) is 4.62. The zero-order valence-corrected chi connectivity index (χ0v) is 10.1. The smallest absolute Gasteiger partial charge is 0.243 e. The molecule has 1 saturated carbocycles.